The number of halogens is 4. The van der Waals surface area contributed by atoms with E-state index in [4.69, 9.17) is 0 Å². The van der Waals surface area contributed by atoms with Gasteiger partial charge in [-0.3, -0.25) is 4.79 Å². The lowest BCUT2D eigenvalue weighted by Gasteiger charge is -2.23. The Labute approximate surface area is 165 Å². The summed E-state index contributed by atoms with van der Waals surface area (Å²) in [5.74, 6) is -1.36. The first kappa shape index (κ1) is 21.3. The Balaban J connectivity index is 1.78. The van der Waals surface area contributed by atoms with E-state index in [1.165, 1.54) is 17.0 Å². The maximum atomic E-state index is 13.2. The summed E-state index contributed by atoms with van der Waals surface area (Å²) in [6.45, 7) is 0.107. The van der Waals surface area contributed by atoms with Crippen LogP contribution in [0.5, 0.6) is 0 Å². The fourth-order valence-electron chi connectivity index (χ4n) is 3.18. The number of benzene rings is 2. The molecule has 0 saturated carbocycles. The number of hydrogen-bond acceptors (Lipinski definition) is 3. The van der Waals surface area contributed by atoms with E-state index in [0.717, 1.165) is 40.7 Å². The fourth-order valence-corrected chi connectivity index (χ4v) is 4.65. The Morgan fingerprint density at radius 3 is 2.21 bits per heavy atom. The van der Waals surface area contributed by atoms with Gasteiger partial charge in [-0.15, -0.1) is 0 Å². The van der Waals surface area contributed by atoms with Gasteiger partial charge in [0.05, 0.1) is 16.0 Å². The molecule has 1 amide bonds. The van der Waals surface area contributed by atoms with E-state index < -0.39 is 39.1 Å². The van der Waals surface area contributed by atoms with Gasteiger partial charge >= 0.3 is 6.18 Å². The standard InChI is InChI=1S/C19H18F4N2O3S/c20-14-6-8-15(9-7-14)29(27,28)25-11-3-10-24(12-13-25)18(26)16-4-1-2-5-17(16)19(21,22)23/h1-2,4-9H,3,10-13H2. The topological polar surface area (TPSA) is 57.7 Å². The van der Waals surface area contributed by atoms with Crippen LogP contribution < -0.4 is 0 Å². The van der Waals surface area contributed by atoms with Crippen molar-refractivity contribution in [2.75, 3.05) is 26.2 Å². The summed E-state index contributed by atoms with van der Waals surface area (Å²) in [6.07, 6.45) is -4.41. The second kappa shape index (κ2) is 8.11. The van der Waals surface area contributed by atoms with Crippen molar-refractivity contribution in [1.82, 2.24) is 9.21 Å². The van der Waals surface area contributed by atoms with Gasteiger partial charge in [-0.05, 0) is 42.8 Å². The van der Waals surface area contributed by atoms with E-state index in [9.17, 15) is 30.8 Å². The summed E-state index contributed by atoms with van der Waals surface area (Å²) in [5.41, 5.74) is -1.49. The Bertz CT molecular complexity index is 991. The summed E-state index contributed by atoms with van der Waals surface area (Å²) in [5, 5.41) is 0. The molecule has 29 heavy (non-hydrogen) atoms. The monoisotopic (exact) mass is 430 g/mol. The average Bonchev–Trinajstić information content (AvgIpc) is 2.94. The number of carbonyl (C=O) groups is 1. The molecule has 0 aromatic heterocycles. The lowest BCUT2D eigenvalue weighted by molar-refractivity contribution is -0.138. The van der Waals surface area contributed by atoms with Crippen LogP contribution in [0.1, 0.15) is 22.3 Å². The van der Waals surface area contributed by atoms with Gasteiger partial charge in [0, 0.05) is 26.2 Å². The molecule has 0 atom stereocenters. The molecule has 2 aromatic carbocycles. The van der Waals surface area contributed by atoms with Crippen molar-refractivity contribution in [2.45, 2.75) is 17.5 Å². The molecule has 1 fully saturated rings. The molecule has 0 spiro atoms. The smallest absolute Gasteiger partial charge is 0.337 e. The molecule has 1 aliphatic rings. The number of nitrogens with zero attached hydrogens (tertiary/aromatic N) is 2. The van der Waals surface area contributed by atoms with E-state index in [-0.39, 0.29) is 37.5 Å². The van der Waals surface area contributed by atoms with Crippen LogP contribution in [0.3, 0.4) is 0 Å². The van der Waals surface area contributed by atoms with Crippen molar-refractivity contribution in [3.8, 4) is 0 Å². The first-order valence-electron chi connectivity index (χ1n) is 8.82. The lowest BCUT2D eigenvalue weighted by atomic mass is 10.1. The molecule has 0 unspecified atom stereocenters. The minimum absolute atomic E-state index is 0.0501. The van der Waals surface area contributed by atoms with E-state index in [1.54, 1.807) is 0 Å². The van der Waals surface area contributed by atoms with Crippen LogP contribution in [0.2, 0.25) is 0 Å². The predicted molar refractivity (Wildman–Crippen MR) is 97.1 cm³/mol. The van der Waals surface area contributed by atoms with Crippen molar-refractivity contribution in [3.63, 3.8) is 0 Å². The van der Waals surface area contributed by atoms with Gasteiger partial charge in [0.2, 0.25) is 10.0 Å². The second-order valence-electron chi connectivity index (χ2n) is 6.55. The summed E-state index contributed by atoms with van der Waals surface area (Å²) >= 11 is 0. The third-order valence-electron chi connectivity index (χ3n) is 4.66. The number of alkyl halides is 3. The molecule has 1 aliphatic heterocycles. The van der Waals surface area contributed by atoms with Crippen LogP contribution in [-0.4, -0.2) is 49.7 Å². The third kappa shape index (κ3) is 4.59. The summed E-state index contributed by atoms with van der Waals surface area (Å²) in [6, 6.07) is 8.89. The van der Waals surface area contributed by atoms with Crippen molar-refractivity contribution >= 4 is 15.9 Å². The minimum atomic E-state index is -4.67. The molecule has 0 bridgehead atoms. The Morgan fingerprint density at radius 1 is 0.897 bits per heavy atom. The van der Waals surface area contributed by atoms with Crippen molar-refractivity contribution < 1.29 is 30.8 Å². The average molecular weight is 430 g/mol. The Morgan fingerprint density at radius 2 is 1.55 bits per heavy atom. The highest BCUT2D eigenvalue weighted by Crippen LogP contribution is 2.32. The van der Waals surface area contributed by atoms with Gasteiger partial charge in [0.25, 0.3) is 5.91 Å². The van der Waals surface area contributed by atoms with Gasteiger partial charge in [0.15, 0.2) is 0 Å². The highest BCUT2D eigenvalue weighted by molar-refractivity contribution is 7.89. The Hall–Kier alpha value is -2.46. The van der Waals surface area contributed by atoms with E-state index in [2.05, 4.69) is 0 Å². The third-order valence-corrected chi connectivity index (χ3v) is 6.57. The molecule has 0 radical (unpaired) electrons. The maximum Gasteiger partial charge on any atom is 0.417 e. The van der Waals surface area contributed by atoms with Gasteiger partial charge in [-0.25, -0.2) is 12.8 Å². The lowest BCUT2D eigenvalue weighted by Crippen LogP contribution is -2.38. The molecule has 10 heteroatoms. The highest BCUT2D eigenvalue weighted by atomic mass is 32.2. The van der Waals surface area contributed by atoms with E-state index in [0.29, 0.717) is 0 Å². The zero-order chi connectivity index (χ0) is 21.2. The number of sulfonamides is 1. The molecule has 156 valence electrons. The maximum absolute atomic E-state index is 13.2. The van der Waals surface area contributed by atoms with E-state index in [1.807, 2.05) is 0 Å². The van der Waals surface area contributed by atoms with Crippen molar-refractivity contribution in [3.05, 3.63) is 65.5 Å². The largest absolute Gasteiger partial charge is 0.417 e. The molecule has 1 saturated heterocycles. The van der Waals surface area contributed by atoms with Crippen molar-refractivity contribution in [2.24, 2.45) is 0 Å². The second-order valence-corrected chi connectivity index (χ2v) is 8.49. The minimum Gasteiger partial charge on any atom is -0.337 e. The predicted octanol–water partition coefficient (Wildman–Crippen LogP) is 3.38. The fraction of sp³-hybridized carbons (Fsp3) is 0.316. The molecule has 3 rings (SSSR count). The number of carbonyl (C=O) groups excluding carboxylic acids is 1. The zero-order valence-electron chi connectivity index (χ0n) is 15.2. The normalized spacial score (nSPS) is 16.5. The first-order valence-corrected chi connectivity index (χ1v) is 10.3. The zero-order valence-corrected chi connectivity index (χ0v) is 16.0. The van der Waals surface area contributed by atoms with Crippen molar-refractivity contribution in [1.29, 1.82) is 0 Å². The van der Waals surface area contributed by atoms with Crippen LogP contribution in [0.15, 0.2) is 53.4 Å². The van der Waals surface area contributed by atoms with Gasteiger partial charge < -0.3 is 4.90 Å². The molecular formula is C19H18F4N2O3S. The van der Waals surface area contributed by atoms with Gasteiger partial charge in [-0.2, -0.15) is 17.5 Å². The Kier molecular flexibility index (Phi) is 5.95. The summed E-state index contributed by atoms with van der Waals surface area (Å²) in [4.78, 5) is 13.8. The number of amides is 1. The van der Waals surface area contributed by atoms with Gasteiger partial charge in [0.1, 0.15) is 5.82 Å². The molecule has 2 aromatic rings. The first-order chi connectivity index (χ1) is 13.6. The van der Waals surface area contributed by atoms with Crippen LogP contribution >= 0.6 is 0 Å². The van der Waals surface area contributed by atoms with Crippen LogP contribution in [0.25, 0.3) is 0 Å². The highest BCUT2D eigenvalue weighted by Gasteiger charge is 2.36. The van der Waals surface area contributed by atoms with Crippen LogP contribution in [0, 0.1) is 5.82 Å². The van der Waals surface area contributed by atoms with Crippen LogP contribution in [0.4, 0.5) is 17.6 Å². The molecule has 0 N–H and O–H groups in total. The summed E-state index contributed by atoms with van der Waals surface area (Å²) < 4.78 is 79.3. The molecule has 1 heterocycles. The molecule has 0 aliphatic carbocycles. The number of rotatable bonds is 3. The molecular weight excluding hydrogens is 412 g/mol. The molecule has 5 nitrogen and oxygen atoms in total. The summed E-state index contributed by atoms with van der Waals surface area (Å²) in [7, 11) is -3.90. The SMILES string of the molecule is O=C(c1ccccc1C(F)(F)F)N1CCCN(S(=O)(=O)c2ccc(F)cc2)CC1. The van der Waals surface area contributed by atoms with E-state index >= 15 is 0 Å². The quantitative estimate of drug-likeness (QED) is 0.702. The van der Waals surface area contributed by atoms with Crippen LogP contribution in [-0.2, 0) is 16.2 Å². The number of hydrogen-bond donors (Lipinski definition) is 0. The van der Waals surface area contributed by atoms with Gasteiger partial charge in [-0.1, -0.05) is 12.1 Å².